The first kappa shape index (κ1) is 9.60. The number of hydrogen-bond acceptors (Lipinski definition) is 2. The van der Waals surface area contributed by atoms with Crippen molar-refractivity contribution in [3.05, 3.63) is 16.4 Å². The standard InChI is InChI=1S/C6H7BrF2N2O/c1-11-4(3(7)2-10-11)5(12)6(8)9/h2,5-6,12H,1H3. The molecule has 1 atom stereocenters. The summed E-state index contributed by atoms with van der Waals surface area (Å²) < 4.78 is 25.7. The zero-order chi connectivity index (χ0) is 9.30. The van der Waals surface area contributed by atoms with E-state index in [0.29, 0.717) is 4.47 Å². The second-order valence-corrected chi connectivity index (χ2v) is 3.13. The van der Waals surface area contributed by atoms with Crippen LogP contribution in [0.25, 0.3) is 0 Å². The molecule has 0 aliphatic carbocycles. The Bertz CT molecular complexity index is 257. The summed E-state index contributed by atoms with van der Waals surface area (Å²) in [6, 6.07) is 0. The number of aliphatic hydroxyl groups is 1. The first-order valence-corrected chi connectivity index (χ1v) is 3.97. The largest absolute Gasteiger partial charge is 0.381 e. The van der Waals surface area contributed by atoms with Gasteiger partial charge in [0.2, 0.25) is 0 Å². The van der Waals surface area contributed by atoms with Crippen molar-refractivity contribution in [1.82, 2.24) is 9.78 Å². The van der Waals surface area contributed by atoms with E-state index in [1.165, 1.54) is 17.9 Å². The quantitative estimate of drug-likeness (QED) is 0.851. The molecule has 1 heterocycles. The lowest BCUT2D eigenvalue weighted by Crippen LogP contribution is -2.13. The lowest BCUT2D eigenvalue weighted by Gasteiger charge is -2.09. The van der Waals surface area contributed by atoms with E-state index in [4.69, 9.17) is 5.11 Å². The topological polar surface area (TPSA) is 38.0 Å². The van der Waals surface area contributed by atoms with Gasteiger partial charge in [0, 0.05) is 7.05 Å². The molecule has 0 saturated heterocycles. The van der Waals surface area contributed by atoms with Crippen LogP contribution in [0.5, 0.6) is 0 Å². The third-order valence-electron chi connectivity index (χ3n) is 1.46. The van der Waals surface area contributed by atoms with Crippen LogP contribution in [0.2, 0.25) is 0 Å². The summed E-state index contributed by atoms with van der Waals surface area (Å²) in [4.78, 5) is 0. The van der Waals surface area contributed by atoms with Gasteiger partial charge in [0.15, 0.2) is 6.10 Å². The van der Waals surface area contributed by atoms with Crippen LogP contribution in [0.3, 0.4) is 0 Å². The molecule has 1 rings (SSSR count). The van der Waals surface area contributed by atoms with Crippen molar-refractivity contribution in [3.8, 4) is 0 Å². The molecule has 3 nitrogen and oxygen atoms in total. The van der Waals surface area contributed by atoms with E-state index in [0.717, 1.165) is 0 Å². The van der Waals surface area contributed by atoms with Crippen LogP contribution in [-0.4, -0.2) is 21.3 Å². The van der Waals surface area contributed by atoms with Crippen LogP contribution >= 0.6 is 15.9 Å². The smallest absolute Gasteiger partial charge is 0.269 e. The summed E-state index contributed by atoms with van der Waals surface area (Å²) in [5.74, 6) is 0. The Morgan fingerprint density at radius 2 is 2.25 bits per heavy atom. The van der Waals surface area contributed by atoms with Crippen molar-refractivity contribution in [2.75, 3.05) is 0 Å². The molecule has 68 valence electrons. The average Bonchev–Trinajstić information content (AvgIpc) is 2.30. The Morgan fingerprint density at radius 1 is 1.67 bits per heavy atom. The molecule has 0 bridgehead atoms. The van der Waals surface area contributed by atoms with Crippen LogP contribution in [0.1, 0.15) is 11.8 Å². The number of rotatable bonds is 2. The molecule has 0 amide bonds. The highest BCUT2D eigenvalue weighted by atomic mass is 79.9. The van der Waals surface area contributed by atoms with Crippen molar-refractivity contribution >= 4 is 15.9 Å². The van der Waals surface area contributed by atoms with Gasteiger partial charge in [-0.15, -0.1) is 0 Å². The zero-order valence-corrected chi connectivity index (χ0v) is 7.79. The molecule has 1 unspecified atom stereocenters. The van der Waals surface area contributed by atoms with Gasteiger partial charge in [-0.25, -0.2) is 8.78 Å². The fraction of sp³-hybridized carbons (Fsp3) is 0.500. The molecule has 0 fully saturated rings. The SMILES string of the molecule is Cn1ncc(Br)c1C(O)C(F)F. The number of hydrogen-bond donors (Lipinski definition) is 1. The molecule has 0 aromatic carbocycles. The first-order chi connectivity index (χ1) is 5.54. The predicted molar refractivity (Wildman–Crippen MR) is 41.9 cm³/mol. The maximum atomic E-state index is 12.0. The summed E-state index contributed by atoms with van der Waals surface area (Å²) in [6.07, 6.45) is -3.22. The van der Waals surface area contributed by atoms with Crippen molar-refractivity contribution < 1.29 is 13.9 Å². The minimum atomic E-state index is -2.79. The van der Waals surface area contributed by atoms with Crippen LogP contribution < -0.4 is 0 Å². The Kier molecular flexibility index (Phi) is 2.79. The maximum Gasteiger partial charge on any atom is 0.269 e. The second-order valence-electron chi connectivity index (χ2n) is 2.28. The van der Waals surface area contributed by atoms with E-state index in [-0.39, 0.29) is 5.69 Å². The minimum Gasteiger partial charge on any atom is -0.381 e. The molecular weight excluding hydrogens is 234 g/mol. The summed E-state index contributed by atoms with van der Waals surface area (Å²) in [5, 5.41) is 12.7. The van der Waals surface area contributed by atoms with Crippen molar-refractivity contribution in [2.45, 2.75) is 12.5 Å². The monoisotopic (exact) mass is 240 g/mol. The fourth-order valence-electron chi connectivity index (χ4n) is 0.872. The zero-order valence-electron chi connectivity index (χ0n) is 6.21. The van der Waals surface area contributed by atoms with Crippen molar-refractivity contribution in [3.63, 3.8) is 0 Å². The van der Waals surface area contributed by atoms with Crippen LogP contribution in [-0.2, 0) is 7.05 Å². The average molecular weight is 241 g/mol. The summed E-state index contributed by atoms with van der Waals surface area (Å²) in [6.45, 7) is 0. The summed E-state index contributed by atoms with van der Waals surface area (Å²) in [7, 11) is 1.49. The van der Waals surface area contributed by atoms with Gasteiger partial charge in [-0.3, -0.25) is 4.68 Å². The highest BCUT2D eigenvalue weighted by molar-refractivity contribution is 9.10. The molecular formula is C6H7BrF2N2O. The van der Waals surface area contributed by atoms with Gasteiger partial charge in [0.1, 0.15) is 0 Å². The summed E-state index contributed by atoms with van der Waals surface area (Å²) >= 11 is 3.01. The van der Waals surface area contributed by atoms with Crippen LogP contribution in [0.4, 0.5) is 8.78 Å². The molecule has 0 aliphatic rings. The van der Waals surface area contributed by atoms with Gasteiger partial charge in [-0.2, -0.15) is 5.10 Å². The molecule has 0 radical (unpaired) electrons. The molecule has 0 saturated carbocycles. The van der Waals surface area contributed by atoms with Gasteiger partial charge >= 0.3 is 0 Å². The van der Waals surface area contributed by atoms with Crippen molar-refractivity contribution in [1.29, 1.82) is 0 Å². The number of alkyl halides is 2. The molecule has 0 spiro atoms. The fourth-order valence-corrected chi connectivity index (χ4v) is 1.45. The lowest BCUT2D eigenvalue weighted by molar-refractivity contribution is -0.0107. The van der Waals surface area contributed by atoms with E-state index in [2.05, 4.69) is 21.0 Å². The molecule has 1 aromatic heterocycles. The van der Waals surface area contributed by atoms with E-state index < -0.39 is 12.5 Å². The maximum absolute atomic E-state index is 12.0. The Balaban J connectivity index is 3.00. The number of aryl methyl sites for hydroxylation is 1. The third kappa shape index (κ3) is 1.64. The van der Waals surface area contributed by atoms with Gasteiger partial charge in [0.05, 0.1) is 16.4 Å². The highest BCUT2D eigenvalue weighted by Gasteiger charge is 2.24. The minimum absolute atomic E-state index is 0.0880. The Labute approximate surface area is 76.1 Å². The molecule has 0 aliphatic heterocycles. The van der Waals surface area contributed by atoms with E-state index in [1.807, 2.05) is 0 Å². The third-order valence-corrected chi connectivity index (χ3v) is 2.07. The highest BCUT2D eigenvalue weighted by Crippen LogP contribution is 2.26. The van der Waals surface area contributed by atoms with E-state index in [1.54, 1.807) is 0 Å². The Morgan fingerprint density at radius 3 is 2.58 bits per heavy atom. The van der Waals surface area contributed by atoms with Gasteiger partial charge < -0.3 is 5.11 Å². The number of aliphatic hydroxyl groups excluding tert-OH is 1. The van der Waals surface area contributed by atoms with Crippen LogP contribution in [0, 0.1) is 0 Å². The van der Waals surface area contributed by atoms with Crippen LogP contribution in [0.15, 0.2) is 10.7 Å². The van der Waals surface area contributed by atoms with Gasteiger partial charge in [-0.05, 0) is 15.9 Å². The second kappa shape index (κ2) is 3.49. The van der Waals surface area contributed by atoms with E-state index in [9.17, 15) is 8.78 Å². The van der Waals surface area contributed by atoms with Crippen molar-refractivity contribution in [2.24, 2.45) is 7.05 Å². The van der Waals surface area contributed by atoms with Gasteiger partial charge in [0.25, 0.3) is 6.43 Å². The lowest BCUT2D eigenvalue weighted by atomic mass is 10.2. The number of nitrogens with zero attached hydrogens (tertiary/aromatic N) is 2. The normalized spacial score (nSPS) is 13.8. The molecule has 12 heavy (non-hydrogen) atoms. The number of halogens is 3. The van der Waals surface area contributed by atoms with Gasteiger partial charge in [-0.1, -0.05) is 0 Å². The van der Waals surface area contributed by atoms with E-state index >= 15 is 0 Å². The molecule has 6 heteroatoms. The first-order valence-electron chi connectivity index (χ1n) is 3.17. The summed E-state index contributed by atoms with van der Waals surface area (Å²) in [5.41, 5.74) is 0.0880. The Hall–Kier alpha value is -0.490. The molecule has 1 N–H and O–H groups in total. The number of aromatic nitrogens is 2. The predicted octanol–water partition coefficient (Wildman–Crippen LogP) is 1.48. The molecule has 1 aromatic rings.